The lowest BCUT2D eigenvalue weighted by molar-refractivity contribution is -0.120. The molecule has 0 aliphatic carbocycles. The van der Waals surface area contributed by atoms with E-state index < -0.39 is 0 Å². The van der Waals surface area contributed by atoms with E-state index in [2.05, 4.69) is 10.6 Å². The molecule has 28 heavy (non-hydrogen) atoms. The van der Waals surface area contributed by atoms with Crippen LogP contribution >= 0.6 is 12.4 Å². The summed E-state index contributed by atoms with van der Waals surface area (Å²) in [6.45, 7) is 8.41. The molecule has 0 radical (unpaired) electrons. The fraction of sp³-hybridized carbons (Fsp3) is 0.364. The second-order valence-electron chi connectivity index (χ2n) is 7.35. The summed E-state index contributed by atoms with van der Waals surface area (Å²) in [4.78, 5) is 24.8. The van der Waals surface area contributed by atoms with Crippen LogP contribution in [0.3, 0.4) is 0 Å². The van der Waals surface area contributed by atoms with Crippen molar-refractivity contribution >= 4 is 29.9 Å². The van der Waals surface area contributed by atoms with E-state index in [1.165, 1.54) is 0 Å². The van der Waals surface area contributed by atoms with Crippen LogP contribution in [-0.2, 0) is 4.79 Å². The monoisotopic (exact) mass is 403 g/mol. The Kier molecular flexibility index (Phi) is 9.16. The third kappa shape index (κ3) is 6.36. The lowest BCUT2D eigenvalue weighted by atomic mass is 9.94. The molecule has 2 atom stereocenters. The van der Waals surface area contributed by atoms with Crippen LogP contribution in [0.25, 0.3) is 0 Å². The fourth-order valence-corrected chi connectivity index (χ4v) is 2.72. The zero-order valence-electron chi connectivity index (χ0n) is 16.9. The number of carbonyl (C=O) groups excluding carboxylic acids is 2. The van der Waals surface area contributed by atoms with E-state index in [-0.39, 0.29) is 36.2 Å². The third-order valence-electron chi connectivity index (χ3n) is 4.55. The van der Waals surface area contributed by atoms with Gasteiger partial charge in [0.2, 0.25) is 5.91 Å². The van der Waals surface area contributed by atoms with Crippen molar-refractivity contribution in [2.24, 2.45) is 17.6 Å². The van der Waals surface area contributed by atoms with E-state index in [1.54, 1.807) is 18.2 Å². The number of halogens is 1. The minimum absolute atomic E-state index is 0. The fourth-order valence-electron chi connectivity index (χ4n) is 2.72. The van der Waals surface area contributed by atoms with Crippen molar-refractivity contribution in [3.05, 3.63) is 65.2 Å². The largest absolute Gasteiger partial charge is 0.352 e. The van der Waals surface area contributed by atoms with Crippen molar-refractivity contribution in [2.75, 3.05) is 11.9 Å². The summed E-state index contributed by atoms with van der Waals surface area (Å²) < 4.78 is 0. The zero-order valence-corrected chi connectivity index (χ0v) is 17.7. The summed E-state index contributed by atoms with van der Waals surface area (Å²) in [5.74, 6) is -0.250. The highest BCUT2D eigenvalue weighted by Crippen LogP contribution is 2.22. The second-order valence-corrected chi connectivity index (χ2v) is 7.35. The molecule has 0 saturated carbocycles. The molecular formula is C22H30ClN3O2. The van der Waals surface area contributed by atoms with Crippen molar-refractivity contribution in [1.29, 1.82) is 0 Å². The van der Waals surface area contributed by atoms with E-state index in [9.17, 15) is 9.59 Å². The van der Waals surface area contributed by atoms with Gasteiger partial charge in [0.05, 0.1) is 5.92 Å². The molecule has 0 heterocycles. The average molecular weight is 404 g/mol. The highest BCUT2D eigenvalue weighted by molar-refractivity contribution is 5.97. The molecule has 6 heteroatoms. The molecule has 0 aliphatic rings. The Bertz CT molecular complexity index is 794. The van der Waals surface area contributed by atoms with Gasteiger partial charge in [0, 0.05) is 23.8 Å². The summed E-state index contributed by atoms with van der Waals surface area (Å²) in [7, 11) is 0. The minimum atomic E-state index is -0.388. The van der Waals surface area contributed by atoms with E-state index >= 15 is 0 Å². The van der Waals surface area contributed by atoms with Gasteiger partial charge in [-0.2, -0.15) is 0 Å². The molecule has 0 spiro atoms. The van der Waals surface area contributed by atoms with Crippen LogP contribution in [0.5, 0.6) is 0 Å². The van der Waals surface area contributed by atoms with Crippen LogP contribution in [0.15, 0.2) is 48.5 Å². The zero-order chi connectivity index (χ0) is 20.0. The molecule has 4 N–H and O–H groups in total. The van der Waals surface area contributed by atoms with E-state index in [0.717, 1.165) is 11.1 Å². The lowest BCUT2D eigenvalue weighted by Crippen LogP contribution is -2.31. The van der Waals surface area contributed by atoms with Gasteiger partial charge in [0.1, 0.15) is 0 Å². The Morgan fingerprint density at radius 1 is 1.04 bits per heavy atom. The van der Waals surface area contributed by atoms with Gasteiger partial charge in [-0.05, 0) is 42.2 Å². The van der Waals surface area contributed by atoms with Gasteiger partial charge in [0.15, 0.2) is 0 Å². The molecule has 2 aromatic carbocycles. The number of nitrogens with two attached hydrogens (primary N) is 1. The highest BCUT2D eigenvalue weighted by atomic mass is 35.5. The number of hydrogen-bond donors (Lipinski definition) is 3. The van der Waals surface area contributed by atoms with Crippen molar-refractivity contribution in [3.63, 3.8) is 0 Å². The van der Waals surface area contributed by atoms with Crippen LogP contribution in [0.4, 0.5) is 5.69 Å². The molecule has 2 aromatic rings. The first kappa shape index (κ1) is 23.7. The topological polar surface area (TPSA) is 84.2 Å². The van der Waals surface area contributed by atoms with Crippen LogP contribution in [-0.4, -0.2) is 18.4 Å². The van der Waals surface area contributed by atoms with Gasteiger partial charge < -0.3 is 16.4 Å². The highest BCUT2D eigenvalue weighted by Gasteiger charge is 2.22. The smallest absolute Gasteiger partial charge is 0.251 e. The normalized spacial score (nSPS) is 12.6. The first-order chi connectivity index (χ1) is 12.8. The number of anilines is 1. The summed E-state index contributed by atoms with van der Waals surface area (Å²) in [5, 5.41) is 5.82. The number of aryl methyl sites for hydroxylation is 1. The maximum Gasteiger partial charge on any atom is 0.251 e. The maximum absolute atomic E-state index is 12.6. The number of nitrogens with one attached hydrogen (secondary N) is 2. The molecule has 0 saturated heterocycles. The standard InChI is InChI=1S/C22H29N3O2.ClH/c1-14(2)13-24-22(27)18-10-11-19(15(3)12-18)25-21(26)16(4)20(23)17-8-6-5-7-9-17;/h5-12,14,16,20H,13,23H2,1-4H3,(H,24,27)(H,25,26);1H. The lowest BCUT2D eigenvalue weighted by Gasteiger charge is -2.20. The van der Waals surface area contributed by atoms with Crippen LogP contribution < -0.4 is 16.4 Å². The number of benzene rings is 2. The number of rotatable bonds is 7. The molecule has 0 aromatic heterocycles. The van der Waals surface area contributed by atoms with E-state index in [1.807, 2.05) is 58.0 Å². The predicted molar refractivity (Wildman–Crippen MR) is 117 cm³/mol. The van der Waals surface area contributed by atoms with E-state index in [4.69, 9.17) is 5.73 Å². The number of amides is 2. The Balaban J connectivity index is 0.00000392. The van der Waals surface area contributed by atoms with Crippen LogP contribution in [0.1, 0.15) is 48.3 Å². The van der Waals surface area contributed by atoms with Gasteiger partial charge in [-0.3, -0.25) is 9.59 Å². The molecule has 0 fully saturated rings. The van der Waals surface area contributed by atoms with Gasteiger partial charge in [-0.15, -0.1) is 12.4 Å². The molecular weight excluding hydrogens is 374 g/mol. The Morgan fingerprint density at radius 2 is 1.68 bits per heavy atom. The molecule has 2 unspecified atom stereocenters. The Labute approximate surface area is 173 Å². The van der Waals surface area contributed by atoms with Gasteiger partial charge >= 0.3 is 0 Å². The van der Waals surface area contributed by atoms with Gasteiger partial charge in [0.25, 0.3) is 5.91 Å². The molecule has 0 bridgehead atoms. The van der Waals surface area contributed by atoms with Crippen LogP contribution in [0, 0.1) is 18.8 Å². The number of carbonyl (C=O) groups is 2. The first-order valence-corrected chi connectivity index (χ1v) is 9.29. The predicted octanol–water partition coefficient (Wildman–Crippen LogP) is 4.08. The number of hydrogen-bond acceptors (Lipinski definition) is 3. The molecule has 5 nitrogen and oxygen atoms in total. The maximum atomic E-state index is 12.6. The average Bonchev–Trinajstić information content (AvgIpc) is 2.66. The van der Waals surface area contributed by atoms with Crippen molar-refractivity contribution in [1.82, 2.24) is 5.32 Å². The summed E-state index contributed by atoms with van der Waals surface area (Å²) >= 11 is 0. The Hall–Kier alpha value is -2.37. The summed E-state index contributed by atoms with van der Waals surface area (Å²) in [5.41, 5.74) is 9.27. The van der Waals surface area contributed by atoms with Gasteiger partial charge in [-0.1, -0.05) is 51.1 Å². The quantitative estimate of drug-likeness (QED) is 0.651. The summed E-state index contributed by atoms with van der Waals surface area (Å²) in [6.07, 6.45) is 0. The van der Waals surface area contributed by atoms with Crippen molar-refractivity contribution in [2.45, 2.75) is 33.7 Å². The van der Waals surface area contributed by atoms with Crippen molar-refractivity contribution < 1.29 is 9.59 Å². The second kappa shape index (κ2) is 10.8. The molecule has 2 rings (SSSR count). The van der Waals surface area contributed by atoms with Crippen LogP contribution in [0.2, 0.25) is 0 Å². The molecule has 2 amide bonds. The SMILES string of the molecule is Cc1cc(C(=O)NCC(C)C)ccc1NC(=O)C(C)C(N)c1ccccc1.Cl. The molecule has 0 aliphatic heterocycles. The van der Waals surface area contributed by atoms with Gasteiger partial charge in [-0.25, -0.2) is 0 Å². The van der Waals surface area contributed by atoms with Crippen molar-refractivity contribution in [3.8, 4) is 0 Å². The minimum Gasteiger partial charge on any atom is -0.352 e. The third-order valence-corrected chi connectivity index (χ3v) is 4.55. The Morgan fingerprint density at radius 3 is 2.25 bits per heavy atom. The first-order valence-electron chi connectivity index (χ1n) is 9.29. The summed E-state index contributed by atoms with van der Waals surface area (Å²) in [6, 6.07) is 14.5. The molecule has 152 valence electrons. The van der Waals surface area contributed by atoms with E-state index in [0.29, 0.717) is 23.7 Å².